The van der Waals surface area contributed by atoms with Crippen molar-refractivity contribution in [1.29, 1.82) is 0 Å². The minimum Gasteiger partial charge on any atom is -0.396 e. The quantitative estimate of drug-likeness (QED) is 0.104. The number of aliphatic hydroxyl groups excluding tert-OH is 1. The molecule has 0 heterocycles. The molecule has 0 spiro atoms. The van der Waals surface area contributed by atoms with Crippen LogP contribution in [-0.4, -0.2) is 17.5 Å². The minimum atomic E-state index is 0.368. The van der Waals surface area contributed by atoms with Crippen LogP contribution in [0.25, 0.3) is 0 Å². The van der Waals surface area contributed by atoms with Gasteiger partial charge in [0.2, 0.25) is 0 Å². The SMILES string of the molecule is CCCC(=O)CCCCCCCCCCCCCCCCCCCCCCCCCCCCO. The molecule has 1 N–H and O–H groups in total. The van der Waals surface area contributed by atoms with Gasteiger partial charge in [0.25, 0.3) is 0 Å². The van der Waals surface area contributed by atoms with E-state index in [1.54, 1.807) is 0 Å². The van der Waals surface area contributed by atoms with Crippen LogP contribution in [-0.2, 0) is 4.79 Å². The Morgan fingerprint density at radius 1 is 0.382 bits per heavy atom. The molecule has 0 rings (SSSR count). The summed E-state index contributed by atoms with van der Waals surface area (Å²) in [7, 11) is 0. The lowest BCUT2D eigenvalue weighted by molar-refractivity contribution is -0.119. The van der Waals surface area contributed by atoms with Gasteiger partial charge in [0.15, 0.2) is 0 Å². The molecule has 0 aromatic carbocycles. The Balaban J connectivity index is 3.03. The zero-order valence-corrected chi connectivity index (χ0v) is 23.6. The molecule has 2 nitrogen and oxygen atoms in total. The normalized spacial score (nSPS) is 11.4. The van der Waals surface area contributed by atoms with Crippen molar-refractivity contribution in [1.82, 2.24) is 0 Å². The number of hydrogen-bond acceptors (Lipinski definition) is 2. The van der Waals surface area contributed by atoms with E-state index in [1.807, 2.05) is 0 Å². The Kier molecular flexibility index (Phi) is 30.3. The number of carbonyl (C=O) groups is 1. The maximum absolute atomic E-state index is 11.5. The fourth-order valence-corrected chi connectivity index (χ4v) is 5.08. The highest BCUT2D eigenvalue weighted by molar-refractivity contribution is 5.78. The maximum Gasteiger partial charge on any atom is 0.132 e. The van der Waals surface area contributed by atoms with E-state index in [2.05, 4.69) is 6.92 Å². The monoisotopic (exact) mass is 480 g/mol. The van der Waals surface area contributed by atoms with E-state index in [9.17, 15) is 4.79 Å². The molecule has 0 aliphatic heterocycles. The molecule has 0 aliphatic rings. The molecule has 0 aliphatic carbocycles. The number of rotatable bonds is 30. The highest BCUT2D eigenvalue weighted by atomic mass is 16.2. The number of hydrogen-bond donors (Lipinski definition) is 1. The second kappa shape index (κ2) is 30.7. The van der Waals surface area contributed by atoms with Crippen LogP contribution in [0.3, 0.4) is 0 Å². The number of unbranched alkanes of at least 4 members (excludes halogenated alkanes) is 25. The molecule has 0 atom stereocenters. The highest BCUT2D eigenvalue weighted by Crippen LogP contribution is 2.16. The smallest absolute Gasteiger partial charge is 0.132 e. The first kappa shape index (κ1) is 33.6. The molecule has 0 unspecified atom stereocenters. The Morgan fingerprint density at radius 2 is 0.618 bits per heavy atom. The molecule has 0 aromatic rings. The minimum absolute atomic E-state index is 0.368. The summed E-state index contributed by atoms with van der Waals surface area (Å²) in [5.41, 5.74) is 0. The molecule has 0 saturated heterocycles. The Bertz CT molecular complexity index is 379. The molecule has 0 bridgehead atoms. The average Bonchev–Trinajstić information content (AvgIpc) is 2.83. The first-order valence-corrected chi connectivity index (χ1v) is 15.9. The van der Waals surface area contributed by atoms with Crippen LogP contribution >= 0.6 is 0 Å². The number of ketones is 1. The van der Waals surface area contributed by atoms with E-state index in [1.165, 1.54) is 154 Å². The summed E-state index contributed by atoms with van der Waals surface area (Å²) in [5, 5.41) is 8.77. The Morgan fingerprint density at radius 3 is 0.853 bits per heavy atom. The van der Waals surface area contributed by atoms with Crippen LogP contribution in [0.4, 0.5) is 0 Å². The molecule has 0 amide bonds. The topological polar surface area (TPSA) is 37.3 Å². The van der Waals surface area contributed by atoms with Gasteiger partial charge in [-0.15, -0.1) is 0 Å². The molecule has 204 valence electrons. The van der Waals surface area contributed by atoms with E-state index >= 15 is 0 Å². The number of carbonyl (C=O) groups excluding carboxylic acids is 1. The third kappa shape index (κ3) is 29.7. The first-order chi connectivity index (χ1) is 16.8. The Labute approximate surface area is 215 Å². The Hall–Kier alpha value is -0.370. The average molecular weight is 481 g/mol. The van der Waals surface area contributed by atoms with E-state index in [-0.39, 0.29) is 0 Å². The standard InChI is InChI=1S/C32H64O2/c1-2-29-32(34)30-27-25-23-21-19-17-15-13-11-9-7-5-3-4-6-8-10-12-14-16-18-20-22-24-26-28-31-33/h33H,2-31H2,1H3. The van der Waals surface area contributed by atoms with Crippen molar-refractivity contribution < 1.29 is 9.90 Å². The van der Waals surface area contributed by atoms with Crippen LogP contribution in [0.1, 0.15) is 193 Å². The second-order valence-corrected chi connectivity index (χ2v) is 11.0. The van der Waals surface area contributed by atoms with Crippen LogP contribution in [0.15, 0.2) is 0 Å². The lowest BCUT2D eigenvalue weighted by atomic mass is 10.0. The first-order valence-electron chi connectivity index (χ1n) is 15.9. The maximum atomic E-state index is 11.5. The summed E-state index contributed by atoms with van der Waals surface area (Å²) in [6.45, 7) is 2.46. The van der Waals surface area contributed by atoms with E-state index in [0.29, 0.717) is 12.4 Å². The predicted octanol–water partition coefficient (Wildman–Crippen LogP) is 10.9. The van der Waals surface area contributed by atoms with Gasteiger partial charge in [-0.2, -0.15) is 0 Å². The zero-order chi connectivity index (χ0) is 24.8. The van der Waals surface area contributed by atoms with Crippen LogP contribution < -0.4 is 0 Å². The van der Waals surface area contributed by atoms with Crippen molar-refractivity contribution in [3.63, 3.8) is 0 Å². The van der Waals surface area contributed by atoms with Gasteiger partial charge in [0, 0.05) is 19.4 Å². The fourth-order valence-electron chi connectivity index (χ4n) is 5.08. The van der Waals surface area contributed by atoms with Crippen LogP contribution in [0, 0.1) is 0 Å². The number of aliphatic hydroxyl groups is 1. The van der Waals surface area contributed by atoms with Gasteiger partial charge in [0.05, 0.1) is 0 Å². The fraction of sp³-hybridized carbons (Fsp3) is 0.969. The largest absolute Gasteiger partial charge is 0.396 e. The van der Waals surface area contributed by atoms with Crippen molar-refractivity contribution >= 4 is 5.78 Å². The summed E-state index contributed by atoms with van der Waals surface area (Å²) < 4.78 is 0. The van der Waals surface area contributed by atoms with Gasteiger partial charge in [-0.25, -0.2) is 0 Å². The summed E-state index contributed by atoms with van der Waals surface area (Å²) in [4.78, 5) is 11.5. The molecule has 0 fully saturated rings. The van der Waals surface area contributed by atoms with E-state index in [4.69, 9.17) is 5.11 Å². The van der Waals surface area contributed by atoms with E-state index < -0.39 is 0 Å². The van der Waals surface area contributed by atoms with E-state index in [0.717, 1.165) is 32.1 Å². The predicted molar refractivity (Wildman–Crippen MR) is 152 cm³/mol. The van der Waals surface area contributed by atoms with Crippen molar-refractivity contribution in [3.05, 3.63) is 0 Å². The second-order valence-electron chi connectivity index (χ2n) is 11.0. The molecule has 0 aromatic heterocycles. The molecular formula is C32H64O2. The lowest BCUT2D eigenvalue weighted by Gasteiger charge is -2.04. The van der Waals surface area contributed by atoms with Gasteiger partial charge in [-0.1, -0.05) is 161 Å². The van der Waals surface area contributed by atoms with Gasteiger partial charge in [0.1, 0.15) is 5.78 Å². The highest BCUT2D eigenvalue weighted by Gasteiger charge is 2.00. The molecular weight excluding hydrogens is 416 g/mol. The van der Waals surface area contributed by atoms with Gasteiger partial charge in [-0.05, 0) is 19.3 Å². The van der Waals surface area contributed by atoms with Crippen molar-refractivity contribution in [3.8, 4) is 0 Å². The van der Waals surface area contributed by atoms with Gasteiger partial charge < -0.3 is 5.11 Å². The van der Waals surface area contributed by atoms with Gasteiger partial charge >= 0.3 is 0 Å². The molecule has 0 radical (unpaired) electrons. The third-order valence-electron chi connectivity index (χ3n) is 7.39. The lowest BCUT2D eigenvalue weighted by Crippen LogP contribution is -1.96. The number of Topliss-reactive ketones (excluding diaryl/α,β-unsaturated/α-hetero) is 1. The summed E-state index contributed by atoms with van der Waals surface area (Å²) in [6.07, 6.45) is 38.5. The van der Waals surface area contributed by atoms with Crippen LogP contribution in [0.5, 0.6) is 0 Å². The molecule has 34 heavy (non-hydrogen) atoms. The van der Waals surface area contributed by atoms with Crippen molar-refractivity contribution in [2.24, 2.45) is 0 Å². The van der Waals surface area contributed by atoms with Crippen LogP contribution in [0.2, 0.25) is 0 Å². The third-order valence-corrected chi connectivity index (χ3v) is 7.39. The summed E-state index contributed by atoms with van der Waals surface area (Å²) in [5.74, 6) is 0.470. The van der Waals surface area contributed by atoms with Gasteiger partial charge in [-0.3, -0.25) is 4.79 Å². The molecule has 2 heteroatoms. The zero-order valence-electron chi connectivity index (χ0n) is 23.6. The summed E-state index contributed by atoms with van der Waals surface area (Å²) >= 11 is 0. The van der Waals surface area contributed by atoms with Crippen molar-refractivity contribution in [2.75, 3.05) is 6.61 Å². The van der Waals surface area contributed by atoms with Crippen molar-refractivity contribution in [2.45, 2.75) is 193 Å². The molecule has 0 saturated carbocycles. The summed E-state index contributed by atoms with van der Waals surface area (Å²) in [6, 6.07) is 0.